The monoisotopic (exact) mass is 416 g/mol. The summed E-state index contributed by atoms with van der Waals surface area (Å²) in [5.74, 6) is 0.00146. The van der Waals surface area contributed by atoms with E-state index < -0.39 is 12.5 Å². The molecule has 0 radical (unpaired) electrons. The van der Waals surface area contributed by atoms with Crippen LogP contribution in [0.3, 0.4) is 0 Å². The van der Waals surface area contributed by atoms with Crippen molar-refractivity contribution in [1.29, 1.82) is 0 Å². The summed E-state index contributed by atoms with van der Waals surface area (Å²) in [6.07, 6.45) is 1.73. The van der Waals surface area contributed by atoms with E-state index in [0.29, 0.717) is 13.1 Å². The lowest BCUT2D eigenvalue weighted by Gasteiger charge is -2.18. The maximum absolute atomic E-state index is 12.3. The van der Waals surface area contributed by atoms with Crippen molar-refractivity contribution in [2.24, 2.45) is 5.41 Å². The number of nitrogens with one attached hydrogen (secondary N) is 2. The third-order valence-electron chi connectivity index (χ3n) is 4.50. The molecule has 29 heavy (non-hydrogen) atoms. The normalized spacial score (nSPS) is 11.6. The van der Waals surface area contributed by atoms with E-state index in [9.17, 15) is 9.82 Å². The van der Waals surface area contributed by atoms with E-state index in [2.05, 4.69) is 30.5 Å². The van der Waals surface area contributed by atoms with Crippen molar-refractivity contribution >= 4 is 30.4 Å². The van der Waals surface area contributed by atoms with Crippen molar-refractivity contribution in [1.82, 2.24) is 15.0 Å². The summed E-state index contributed by atoms with van der Waals surface area (Å²) in [4.78, 5) is 14.6. The predicted octanol–water partition coefficient (Wildman–Crippen LogP) is 3.84. The first-order valence-electron chi connectivity index (χ1n) is 10.2. The van der Waals surface area contributed by atoms with Gasteiger partial charge in [-0.3, -0.25) is 9.48 Å². The molecule has 1 aromatic heterocycles. The maximum atomic E-state index is 12.3. The largest absolute Gasteiger partial charge is 0.437 e. The molecule has 0 atom stereocenters. The topological polar surface area (TPSA) is 79.2 Å². The fourth-order valence-corrected chi connectivity index (χ4v) is 4.10. The second-order valence-corrected chi connectivity index (χ2v) is 9.20. The van der Waals surface area contributed by atoms with E-state index in [1.54, 1.807) is 18.6 Å². The van der Waals surface area contributed by atoms with Gasteiger partial charge in [-0.05, 0) is 37.9 Å². The molecule has 1 aromatic carbocycles. The van der Waals surface area contributed by atoms with Gasteiger partial charge in [0.05, 0.1) is 22.8 Å². The van der Waals surface area contributed by atoms with Gasteiger partial charge in [-0.25, -0.2) is 0 Å². The highest BCUT2D eigenvalue weighted by atomic mass is 32.2. The Balaban J connectivity index is 2.23. The minimum absolute atomic E-state index is 0.00146. The van der Waals surface area contributed by atoms with Crippen molar-refractivity contribution in [3.8, 4) is 0 Å². The second kappa shape index (κ2) is 10.3. The Morgan fingerprint density at radius 3 is 2.59 bits per heavy atom. The van der Waals surface area contributed by atoms with Gasteiger partial charge in [0.25, 0.3) is 0 Å². The molecular formula is C21H33BN4O2S. The molecule has 0 aliphatic carbocycles. The molecule has 1 heterocycles. The zero-order chi connectivity index (χ0) is 21.6. The van der Waals surface area contributed by atoms with Crippen molar-refractivity contribution < 1.29 is 9.82 Å². The molecule has 3 N–H and O–H groups in total. The summed E-state index contributed by atoms with van der Waals surface area (Å²) in [7, 11) is -0.527. The lowest BCUT2D eigenvalue weighted by Crippen LogP contribution is -2.33. The number of anilines is 1. The highest BCUT2D eigenvalue weighted by molar-refractivity contribution is 7.99. The van der Waals surface area contributed by atoms with E-state index in [1.807, 2.05) is 43.7 Å². The number of hydrogen-bond donors (Lipinski definition) is 3. The van der Waals surface area contributed by atoms with Crippen LogP contribution in [-0.4, -0.2) is 34.3 Å². The number of hydrogen-bond acceptors (Lipinski definition) is 5. The van der Waals surface area contributed by atoms with Crippen LogP contribution in [0.15, 0.2) is 34.1 Å². The van der Waals surface area contributed by atoms with Crippen molar-refractivity contribution in [3.63, 3.8) is 0 Å². The number of amides is 1. The molecule has 0 bridgehead atoms. The van der Waals surface area contributed by atoms with Crippen LogP contribution in [0.5, 0.6) is 0 Å². The average molecular weight is 416 g/mol. The fourth-order valence-electron chi connectivity index (χ4n) is 2.87. The summed E-state index contributed by atoms with van der Waals surface area (Å²) in [5.41, 5.74) is 2.64. The molecular weight excluding hydrogens is 383 g/mol. The zero-order valence-electron chi connectivity index (χ0n) is 18.4. The van der Waals surface area contributed by atoms with Gasteiger partial charge >= 0.3 is 7.05 Å². The first-order valence-corrected chi connectivity index (χ1v) is 11.1. The molecule has 8 heteroatoms. The Morgan fingerprint density at radius 1 is 1.28 bits per heavy atom. The number of benzene rings is 1. The van der Waals surface area contributed by atoms with Gasteiger partial charge < -0.3 is 15.6 Å². The van der Waals surface area contributed by atoms with Gasteiger partial charge in [-0.15, -0.1) is 0 Å². The lowest BCUT2D eigenvalue weighted by molar-refractivity contribution is -0.123. The van der Waals surface area contributed by atoms with Crippen LogP contribution in [0.4, 0.5) is 5.69 Å². The summed E-state index contributed by atoms with van der Waals surface area (Å²) < 4.78 is 2.04. The molecule has 0 unspecified atom stereocenters. The number of aryl methyl sites for hydroxylation is 1. The van der Waals surface area contributed by atoms with E-state index in [4.69, 9.17) is 5.10 Å². The third-order valence-corrected chi connectivity index (χ3v) is 5.67. The van der Waals surface area contributed by atoms with E-state index in [0.717, 1.165) is 29.1 Å². The van der Waals surface area contributed by atoms with Crippen LogP contribution in [0.2, 0.25) is 6.82 Å². The number of rotatable bonds is 9. The standard InChI is InChI=1S/C21H33BN4O2S/c1-7-17-19(18(8-2)26(25-17)13-12-23-22(6)28)29-16-11-9-10-15(14-16)24-20(27)21(3,4)5/h9-11,14,23,28H,7-8,12-13H2,1-6H3,(H,24,27). The molecule has 0 aliphatic rings. The number of carbonyl (C=O) groups excluding carboxylic acids is 1. The SMILES string of the molecule is CCc1nn(CCNB(C)O)c(CC)c1Sc1cccc(NC(=O)C(C)(C)C)c1. The molecule has 0 spiro atoms. The van der Waals surface area contributed by atoms with Crippen LogP contribution >= 0.6 is 11.8 Å². The summed E-state index contributed by atoms with van der Waals surface area (Å²) >= 11 is 1.69. The minimum atomic E-state index is -0.527. The van der Waals surface area contributed by atoms with Crippen molar-refractivity contribution in [2.45, 2.75) is 70.6 Å². The maximum Gasteiger partial charge on any atom is 0.373 e. The average Bonchev–Trinajstić information content (AvgIpc) is 2.97. The van der Waals surface area contributed by atoms with Gasteiger partial charge in [0, 0.05) is 22.5 Å². The van der Waals surface area contributed by atoms with Gasteiger partial charge in [-0.1, -0.05) is 52.4 Å². The van der Waals surface area contributed by atoms with E-state index >= 15 is 0 Å². The minimum Gasteiger partial charge on any atom is -0.437 e. The van der Waals surface area contributed by atoms with Crippen molar-refractivity contribution in [2.75, 3.05) is 11.9 Å². The molecule has 0 fully saturated rings. The molecule has 0 saturated carbocycles. The second-order valence-electron chi connectivity index (χ2n) is 8.12. The van der Waals surface area contributed by atoms with Gasteiger partial charge in [0.2, 0.25) is 5.91 Å². The first-order chi connectivity index (χ1) is 13.7. The van der Waals surface area contributed by atoms with Gasteiger partial charge in [0.15, 0.2) is 0 Å². The Labute approximate surface area is 179 Å². The van der Waals surface area contributed by atoms with Crippen LogP contribution in [0.25, 0.3) is 0 Å². The first kappa shape index (κ1) is 23.5. The fraction of sp³-hybridized carbons (Fsp3) is 0.524. The quantitative estimate of drug-likeness (QED) is 0.542. The number of nitrogens with zero attached hydrogens (tertiary/aromatic N) is 2. The molecule has 0 aliphatic heterocycles. The Hall–Kier alpha value is -1.77. The molecule has 2 aromatic rings. The molecule has 1 amide bonds. The Bertz CT molecular complexity index is 831. The number of aromatic nitrogens is 2. The van der Waals surface area contributed by atoms with Crippen LogP contribution < -0.4 is 10.5 Å². The molecule has 2 rings (SSSR count). The van der Waals surface area contributed by atoms with Gasteiger partial charge in [0.1, 0.15) is 0 Å². The highest BCUT2D eigenvalue weighted by Gasteiger charge is 2.21. The smallest absolute Gasteiger partial charge is 0.373 e. The van der Waals surface area contributed by atoms with Crippen LogP contribution in [-0.2, 0) is 24.2 Å². The predicted molar refractivity (Wildman–Crippen MR) is 121 cm³/mol. The summed E-state index contributed by atoms with van der Waals surface area (Å²) in [6.45, 7) is 13.1. The Morgan fingerprint density at radius 2 is 2.00 bits per heavy atom. The summed E-state index contributed by atoms with van der Waals surface area (Å²) in [6, 6.07) is 7.96. The van der Waals surface area contributed by atoms with E-state index in [-0.39, 0.29) is 5.91 Å². The lowest BCUT2D eigenvalue weighted by atomic mass is 9.89. The van der Waals surface area contributed by atoms with Gasteiger partial charge in [-0.2, -0.15) is 5.10 Å². The zero-order valence-corrected chi connectivity index (χ0v) is 19.2. The third kappa shape index (κ3) is 6.62. The van der Waals surface area contributed by atoms with Crippen molar-refractivity contribution in [3.05, 3.63) is 35.7 Å². The molecule has 0 saturated heterocycles. The number of carbonyl (C=O) groups is 1. The van der Waals surface area contributed by atoms with Crippen LogP contribution in [0.1, 0.15) is 46.0 Å². The molecule has 6 nitrogen and oxygen atoms in total. The summed E-state index contributed by atoms with van der Waals surface area (Å²) in [5, 5.41) is 20.3. The Kier molecular flexibility index (Phi) is 8.37. The molecule has 158 valence electrons. The van der Waals surface area contributed by atoms with Crippen LogP contribution in [0, 0.1) is 5.41 Å². The van der Waals surface area contributed by atoms with E-state index in [1.165, 1.54) is 10.6 Å². The highest BCUT2D eigenvalue weighted by Crippen LogP contribution is 2.35.